The molecule has 2 rings (SSSR count). The first-order valence-electron chi connectivity index (χ1n) is 6.95. The molecule has 21 heavy (non-hydrogen) atoms. The quantitative estimate of drug-likeness (QED) is 0.575. The zero-order valence-corrected chi connectivity index (χ0v) is 12.0. The summed E-state index contributed by atoms with van der Waals surface area (Å²) >= 11 is 0. The minimum absolute atomic E-state index is 0.397. The maximum absolute atomic E-state index is 11.2. The van der Waals surface area contributed by atoms with Crippen molar-refractivity contribution in [3.05, 3.63) is 35.4 Å². The van der Waals surface area contributed by atoms with E-state index >= 15 is 0 Å². The van der Waals surface area contributed by atoms with Crippen LogP contribution in [0, 0.1) is 0 Å². The summed E-state index contributed by atoms with van der Waals surface area (Å²) in [5.41, 5.74) is 0.303. The number of hydrogen-bond donors (Lipinski definition) is 4. The Hall–Kier alpha value is -1.47. The fourth-order valence-electron chi connectivity index (χ4n) is 2.55. The zero-order valence-electron chi connectivity index (χ0n) is 12.0. The smallest absolute Gasteiger partial charge is 0.337 e. The van der Waals surface area contributed by atoms with E-state index in [1.54, 1.807) is 24.3 Å². The van der Waals surface area contributed by atoms with Crippen LogP contribution in [0.1, 0.15) is 30.1 Å². The van der Waals surface area contributed by atoms with Gasteiger partial charge in [-0.15, -0.1) is 0 Å². The molecule has 1 aromatic rings. The average Bonchev–Trinajstić information content (AvgIpc) is 2.53. The molecular weight excluding hydrogens is 274 g/mol. The minimum Gasteiger partial charge on any atom is -0.467 e. The number of piperidine rings is 1. The van der Waals surface area contributed by atoms with Crippen molar-refractivity contribution >= 4 is 5.97 Å². The van der Waals surface area contributed by atoms with E-state index in [-0.39, 0.29) is 0 Å². The molecule has 6 heteroatoms. The van der Waals surface area contributed by atoms with Gasteiger partial charge in [0.15, 0.2) is 6.10 Å². The number of nitrogens with one attached hydrogen (secondary N) is 1. The highest BCUT2D eigenvalue weighted by atomic mass is 16.5. The Balaban J connectivity index is 2.13. The molecule has 1 fully saturated rings. The van der Waals surface area contributed by atoms with Crippen molar-refractivity contribution in [3.63, 3.8) is 0 Å². The van der Waals surface area contributed by atoms with Gasteiger partial charge < -0.3 is 25.4 Å². The lowest BCUT2D eigenvalue weighted by Crippen LogP contribution is -2.39. The fourth-order valence-corrected chi connectivity index (χ4v) is 2.55. The van der Waals surface area contributed by atoms with Crippen LogP contribution >= 0.6 is 0 Å². The molecule has 1 aliphatic rings. The van der Waals surface area contributed by atoms with Gasteiger partial charge >= 0.3 is 5.97 Å². The Morgan fingerprint density at radius 3 is 2.33 bits per heavy atom. The van der Waals surface area contributed by atoms with Crippen LogP contribution in [-0.4, -0.2) is 47.6 Å². The number of carbonyl (C=O) groups is 1. The second-order valence-electron chi connectivity index (χ2n) is 5.32. The van der Waals surface area contributed by atoms with Crippen molar-refractivity contribution in [1.29, 1.82) is 0 Å². The number of aliphatic hydroxyl groups is 3. The van der Waals surface area contributed by atoms with Crippen LogP contribution < -0.4 is 5.32 Å². The second-order valence-corrected chi connectivity index (χ2v) is 5.32. The molecule has 0 amide bonds. The molecule has 0 radical (unpaired) electrons. The van der Waals surface area contributed by atoms with Crippen LogP contribution in [-0.2, 0) is 15.1 Å². The normalized spacial score (nSPS) is 20.6. The molecule has 1 heterocycles. The van der Waals surface area contributed by atoms with Gasteiger partial charge in [-0.05, 0) is 37.1 Å². The highest BCUT2D eigenvalue weighted by Crippen LogP contribution is 2.31. The monoisotopic (exact) mass is 295 g/mol. The molecular formula is C15H21NO5. The van der Waals surface area contributed by atoms with E-state index in [0.717, 1.165) is 25.8 Å². The minimum atomic E-state index is -1.62. The van der Waals surface area contributed by atoms with Gasteiger partial charge in [-0.2, -0.15) is 0 Å². The maximum Gasteiger partial charge on any atom is 0.337 e. The summed E-state index contributed by atoms with van der Waals surface area (Å²) in [5.74, 6) is -0.886. The van der Waals surface area contributed by atoms with E-state index < -0.39 is 23.8 Å². The first kappa shape index (κ1) is 15.9. The standard InChI is InChI=1S/C15H21NO5/c1-21-14(19)13(18)12(17)10-2-4-11(5-3-10)15(20)6-8-16-9-7-15/h2-5,12-13,16-18,20H,6-9H2,1H3. The maximum atomic E-state index is 11.2. The van der Waals surface area contributed by atoms with Gasteiger partial charge in [0.25, 0.3) is 0 Å². The van der Waals surface area contributed by atoms with Crippen molar-refractivity contribution in [2.24, 2.45) is 0 Å². The summed E-state index contributed by atoms with van der Waals surface area (Å²) in [6.07, 6.45) is -1.73. The molecule has 0 bridgehead atoms. The molecule has 0 aliphatic carbocycles. The third kappa shape index (κ3) is 3.41. The number of rotatable bonds is 4. The van der Waals surface area contributed by atoms with Gasteiger partial charge in [0, 0.05) is 0 Å². The molecule has 0 spiro atoms. The number of esters is 1. The topological polar surface area (TPSA) is 99.0 Å². The van der Waals surface area contributed by atoms with Crippen LogP contribution in [0.3, 0.4) is 0 Å². The molecule has 6 nitrogen and oxygen atoms in total. The largest absolute Gasteiger partial charge is 0.467 e. The lowest BCUT2D eigenvalue weighted by atomic mass is 9.84. The van der Waals surface area contributed by atoms with Gasteiger partial charge in [0.1, 0.15) is 6.10 Å². The lowest BCUT2D eigenvalue weighted by molar-refractivity contribution is -0.156. The van der Waals surface area contributed by atoms with Gasteiger partial charge in [-0.3, -0.25) is 0 Å². The molecule has 1 aliphatic heterocycles. The average molecular weight is 295 g/mol. The number of methoxy groups -OCH3 is 1. The molecule has 1 saturated heterocycles. The molecule has 1 aromatic carbocycles. The van der Waals surface area contributed by atoms with Crippen molar-refractivity contribution in [2.75, 3.05) is 20.2 Å². The number of benzene rings is 1. The Morgan fingerprint density at radius 1 is 1.24 bits per heavy atom. The Bertz CT molecular complexity index is 481. The summed E-state index contributed by atoms with van der Waals surface area (Å²) in [5, 5.41) is 33.3. The molecule has 0 aromatic heterocycles. The number of ether oxygens (including phenoxy) is 1. The molecule has 4 N–H and O–H groups in total. The number of aliphatic hydroxyl groups excluding tert-OH is 2. The highest BCUT2D eigenvalue weighted by molar-refractivity contribution is 5.75. The third-order valence-electron chi connectivity index (χ3n) is 3.96. The SMILES string of the molecule is COC(=O)C(O)C(O)c1ccc(C2(O)CCNCC2)cc1. The summed E-state index contributed by atoms with van der Waals surface area (Å²) in [4.78, 5) is 11.2. The van der Waals surface area contributed by atoms with Crippen LogP contribution in [0.5, 0.6) is 0 Å². The predicted molar refractivity (Wildman–Crippen MR) is 75.4 cm³/mol. The van der Waals surface area contributed by atoms with Crippen LogP contribution in [0.2, 0.25) is 0 Å². The van der Waals surface area contributed by atoms with E-state index in [9.17, 15) is 20.1 Å². The number of carbonyl (C=O) groups excluding carboxylic acids is 1. The van der Waals surface area contributed by atoms with Gasteiger partial charge in [0.05, 0.1) is 12.7 Å². The summed E-state index contributed by atoms with van der Waals surface area (Å²) < 4.78 is 4.39. The number of hydrogen-bond acceptors (Lipinski definition) is 6. The van der Waals surface area contributed by atoms with Gasteiger partial charge in [0.2, 0.25) is 0 Å². The Morgan fingerprint density at radius 2 is 1.81 bits per heavy atom. The van der Waals surface area contributed by atoms with E-state index in [2.05, 4.69) is 10.1 Å². The van der Waals surface area contributed by atoms with E-state index in [4.69, 9.17) is 0 Å². The lowest BCUT2D eigenvalue weighted by Gasteiger charge is -2.33. The van der Waals surface area contributed by atoms with Crippen LogP contribution in [0.4, 0.5) is 0 Å². The first-order chi connectivity index (χ1) is 9.98. The van der Waals surface area contributed by atoms with Crippen molar-refractivity contribution < 1.29 is 24.9 Å². The second kappa shape index (κ2) is 6.53. The van der Waals surface area contributed by atoms with Gasteiger partial charge in [-0.1, -0.05) is 24.3 Å². The predicted octanol–water partition coefficient (Wildman–Crippen LogP) is -0.175. The van der Waals surface area contributed by atoms with E-state index in [0.29, 0.717) is 18.4 Å². The highest BCUT2D eigenvalue weighted by Gasteiger charge is 2.32. The van der Waals surface area contributed by atoms with Crippen LogP contribution in [0.25, 0.3) is 0 Å². The van der Waals surface area contributed by atoms with Crippen LogP contribution in [0.15, 0.2) is 24.3 Å². The van der Waals surface area contributed by atoms with E-state index in [1.807, 2.05) is 0 Å². The molecule has 0 saturated carbocycles. The molecule has 2 unspecified atom stereocenters. The van der Waals surface area contributed by atoms with Gasteiger partial charge in [-0.25, -0.2) is 4.79 Å². The summed E-state index contributed by atoms with van der Waals surface area (Å²) in [7, 11) is 1.15. The Kier molecular flexibility index (Phi) is 4.95. The van der Waals surface area contributed by atoms with Crippen molar-refractivity contribution in [1.82, 2.24) is 5.32 Å². The molecule has 116 valence electrons. The van der Waals surface area contributed by atoms with E-state index in [1.165, 1.54) is 0 Å². The summed E-state index contributed by atoms with van der Waals surface area (Å²) in [6.45, 7) is 1.50. The fraction of sp³-hybridized carbons (Fsp3) is 0.533. The molecule has 2 atom stereocenters. The van der Waals surface area contributed by atoms with Crippen molar-refractivity contribution in [3.8, 4) is 0 Å². The van der Waals surface area contributed by atoms with Crippen molar-refractivity contribution in [2.45, 2.75) is 30.7 Å². The Labute approximate surface area is 123 Å². The zero-order chi connectivity index (χ0) is 15.5. The third-order valence-corrected chi connectivity index (χ3v) is 3.96. The first-order valence-corrected chi connectivity index (χ1v) is 6.95. The summed E-state index contributed by atoms with van der Waals surface area (Å²) in [6, 6.07) is 6.64.